The summed E-state index contributed by atoms with van der Waals surface area (Å²) in [6.07, 6.45) is 5.55. The van der Waals surface area contributed by atoms with E-state index in [1.54, 1.807) is 12.1 Å². The van der Waals surface area contributed by atoms with E-state index in [9.17, 15) is 9.18 Å². The summed E-state index contributed by atoms with van der Waals surface area (Å²) >= 11 is 0. The Bertz CT molecular complexity index is 772. The van der Waals surface area contributed by atoms with Crippen molar-refractivity contribution >= 4 is 5.91 Å². The van der Waals surface area contributed by atoms with Crippen molar-refractivity contribution in [3.05, 3.63) is 41.8 Å². The number of halogens is 1. The Kier molecular flexibility index (Phi) is 4.99. The van der Waals surface area contributed by atoms with Gasteiger partial charge in [-0.15, -0.1) is 0 Å². The number of nitrogens with one attached hydrogen (secondary N) is 3. The lowest BCUT2D eigenvalue weighted by Crippen LogP contribution is -2.59. The molecule has 2 heterocycles. The molecule has 3 N–H and O–H groups in total. The monoisotopic (exact) mass is 358 g/mol. The fraction of sp³-hybridized carbons (Fsp3) is 0.474. The SMILES string of the molecule is O=C(N[C@H]1CC[C@H]1NC1CCOCC1)c1cn[nH]c1-c1cccc(F)c1. The molecule has 1 aliphatic heterocycles. The second-order valence-corrected chi connectivity index (χ2v) is 6.99. The van der Waals surface area contributed by atoms with Crippen LogP contribution in [0, 0.1) is 5.82 Å². The minimum Gasteiger partial charge on any atom is -0.381 e. The molecule has 2 aromatic rings. The first-order chi connectivity index (χ1) is 12.7. The van der Waals surface area contributed by atoms with Crippen molar-refractivity contribution in [3.63, 3.8) is 0 Å². The molecule has 6 nitrogen and oxygen atoms in total. The molecule has 7 heteroatoms. The molecule has 26 heavy (non-hydrogen) atoms. The van der Waals surface area contributed by atoms with E-state index < -0.39 is 0 Å². The van der Waals surface area contributed by atoms with Crippen molar-refractivity contribution in [1.29, 1.82) is 0 Å². The maximum atomic E-state index is 13.5. The molecule has 2 aliphatic rings. The number of ether oxygens (including phenoxy) is 1. The van der Waals surface area contributed by atoms with E-state index in [0.29, 0.717) is 28.9 Å². The average Bonchev–Trinajstić information content (AvgIpc) is 3.14. The van der Waals surface area contributed by atoms with Gasteiger partial charge in [-0.3, -0.25) is 9.89 Å². The van der Waals surface area contributed by atoms with E-state index in [1.807, 2.05) is 0 Å². The van der Waals surface area contributed by atoms with Crippen LogP contribution in [0.1, 0.15) is 36.0 Å². The van der Waals surface area contributed by atoms with Gasteiger partial charge in [0.25, 0.3) is 5.91 Å². The molecule has 138 valence electrons. The van der Waals surface area contributed by atoms with E-state index in [2.05, 4.69) is 20.8 Å². The van der Waals surface area contributed by atoms with Gasteiger partial charge in [0, 0.05) is 36.9 Å². The third-order valence-corrected chi connectivity index (χ3v) is 5.26. The van der Waals surface area contributed by atoms with Gasteiger partial charge in [-0.2, -0.15) is 5.10 Å². The number of hydrogen-bond acceptors (Lipinski definition) is 4. The highest BCUT2D eigenvalue weighted by Crippen LogP contribution is 2.25. The fourth-order valence-corrected chi connectivity index (χ4v) is 3.61. The van der Waals surface area contributed by atoms with Gasteiger partial charge in [0.1, 0.15) is 5.82 Å². The zero-order valence-electron chi connectivity index (χ0n) is 14.5. The smallest absolute Gasteiger partial charge is 0.255 e. The summed E-state index contributed by atoms with van der Waals surface area (Å²) in [5, 5.41) is 13.5. The normalized spacial score (nSPS) is 23.4. The minimum atomic E-state index is -0.344. The molecule has 0 spiro atoms. The Morgan fingerprint density at radius 3 is 2.73 bits per heavy atom. The third-order valence-electron chi connectivity index (χ3n) is 5.26. The van der Waals surface area contributed by atoms with Crippen LogP contribution in [-0.4, -0.2) is 47.4 Å². The van der Waals surface area contributed by atoms with Crippen molar-refractivity contribution in [3.8, 4) is 11.3 Å². The van der Waals surface area contributed by atoms with E-state index >= 15 is 0 Å². The van der Waals surface area contributed by atoms with Crippen LogP contribution < -0.4 is 10.6 Å². The largest absolute Gasteiger partial charge is 0.381 e. The van der Waals surface area contributed by atoms with E-state index in [4.69, 9.17) is 4.74 Å². The molecule has 4 rings (SSSR count). The predicted molar refractivity (Wildman–Crippen MR) is 95.2 cm³/mol. The van der Waals surface area contributed by atoms with Crippen LogP contribution in [0.4, 0.5) is 4.39 Å². The van der Waals surface area contributed by atoms with Crippen molar-refractivity contribution in [2.24, 2.45) is 0 Å². The lowest BCUT2D eigenvalue weighted by Gasteiger charge is -2.41. The van der Waals surface area contributed by atoms with Gasteiger partial charge < -0.3 is 15.4 Å². The second kappa shape index (κ2) is 7.55. The molecule has 1 aromatic heterocycles. The van der Waals surface area contributed by atoms with E-state index in [0.717, 1.165) is 38.9 Å². The Morgan fingerprint density at radius 1 is 1.19 bits per heavy atom. The number of H-pyrrole nitrogens is 1. The summed E-state index contributed by atoms with van der Waals surface area (Å²) in [6, 6.07) is 7.01. The maximum Gasteiger partial charge on any atom is 0.255 e. The molecule has 0 radical (unpaired) electrons. The van der Waals surface area contributed by atoms with Crippen LogP contribution in [0.15, 0.2) is 30.5 Å². The third kappa shape index (κ3) is 3.64. The topological polar surface area (TPSA) is 79.0 Å². The van der Waals surface area contributed by atoms with Crippen LogP contribution in [0.25, 0.3) is 11.3 Å². The fourth-order valence-electron chi connectivity index (χ4n) is 3.61. The van der Waals surface area contributed by atoms with Crippen molar-refractivity contribution in [2.45, 2.75) is 43.8 Å². The van der Waals surface area contributed by atoms with Crippen LogP contribution in [0.3, 0.4) is 0 Å². The first kappa shape index (κ1) is 17.2. The van der Waals surface area contributed by atoms with Crippen molar-refractivity contribution < 1.29 is 13.9 Å². The van der Waals surface area contributed by atoms with Gasteiger partial charge in [0.2, 0.25) is 0 Å². The predicted octanol–water partition coefficient (Wildman–Crippen LogP) is 2.25. The summed E-state index contributed by atoms with van der Waals surface area (Å²) in [5.74, 6) is -0.523. The molecule has 1 saturated carbocycles. The summed E-state index contributed by atoms with van der Waals surface area (Å²) in [6.45, 7) is 1.60. The number of aromatic amines is 1. The van der Waals surface area contributed by atoms with Crippen LogP contribution in [-0.2, 0) is 4.74 Å². The second-order valence-electron chi connectivity index (χ2n) is 6.99. The summed E-state index contributed by atoms with van der Waals surface area (Å²) in [5.41, 5.74) is 1.58. The highest BCUT2D eigenvalue weighted by molar-refractivity contribution is 6.00. The number of benzene rings is 1. The zero-order chi connectivity index (χ0) is 17.9. The molecule has 1 aliphatic carbocycles. The first-order valence-corrected chi connectivity index (χ1v) is 9.14. The highest BCUT2D eigenvalue weighted by atomic mass is 19.1. The van der Waals surface area contributed by atoms with Crippen LogP contribution in [0.5, 0.6) is 0 Å². The van der Waals surface area contributed by atoms with Crippen molar-refractivity contribution in [1.82, 2.24) is 20.8 Å². The van der Waals surface area contributed by atoms with Gasteiger partial charge in [0.05, 0.1) is 17.5 Å². The van der Waals surface area contributed by atoms with Gasteiger partial charge in [-0.1, -0.05) is 12.1 Å². The number of aromatic nitrogens is 2. The van der Waals surface area contributed by atoms with Gasteiger partial charge in [-0.25, -0.2) is 4.39 Å². The van der Waals surface area contributed by atoms with Gasteiger partial charge in [0.15, 0.2) is 0 Å². The summed E-state index contributed by atoms with van der Waals surface area (Å²) < 4.78 is 18.9. The molecule has 1 amide bonds. The Morgan fingerprint density at radius 2 is 2.00 bits per heavy atom. The Balaban J connectivity index is 1.40. The molecule has 0 bridgehead atoms. The number of rotatable bonds is 5. The number of nitrogens with zero attached hydrogens (tertiary/aromatic N) is 1. The minimum absolute atomic E-state index is 0.112. The lowest BCUT2D eigenvalue weighted by atomic mass is 9.85. The van der Waals surface area contributed by atoms with Gasteiger partial charge in [-0.05, 0) is 37.8 Å². The quantitative estimate of drug-likeness (QED) is 0.766. The molecule has 2 fully saturated rings. The summed E-state index contributed by atoms with van der Waals surface area (Å²) in [7, 11) is 0. The first-order valence-electron chi connectivity index (χ1n) is 9.14. The zero-order valence-corrected chi connectivity index (χ0v) is 14.5. The number of hydrogen-bond donors (Lipinski definition) is 3. The number of carbonyl (C=O) groups is 1. The molecule has 1 aromatic carbocycles. The van der Waals surface area contributed by atoms with Gasteiger partial charge >= 0.3 is 0 Å². The van der Waals surface area contributed by atoms with Crippen molar-refractivity contribution in [2.75, 3.05) is 13.2 Å². The molecular weight excluding hydrogens is 335 g/mol. The molecule has 0 unspecified atom stereocenters. The highest BCUT2D eigenvalue weighted by Gasteiger charge is 2.34. The maximum absolute atomic E-state index is 13.5. The number of carbonyl (C=O) groups excluding carboxylic acids is 1. The molecule has 1 saturated heterocycles. The Labute approximate surface area is 151 Å². The van der Waals surface area contributed by atoms with Crippen LogP contribution in [0.2, 0.25) is 0 Å². The number of amides is 1. The molecular formula is C19H23FN4O2. The summed E-state index contributed by atoms with van der Waals surface area (Å²) in [4.78, 5) is 12.7. The standard InChI is InChI=1S/C19H23FN4O2/c20-13-3-1-2-12(10-13)18-15(11-21-24-18)19(25)23-17-5-4-16(17)22-14-6-8-26-9-7-14/h1-3,10-11,14,16-17,22H,4-9H2,(H,21,24)(H,23,25)/t16-,17+/m1/s1. The molecule has 2 atom stereocenters. The Hall–Kier alpha value is -2.25. The lowest BCUT2D eigenvalue weighted by molar-refractivity contribution is 0.0652. The van der Waals surface area contributed by atoms with E-state index in [1.165, 1.54) is 18.3 Å². The van der Waals surface area contributed by atoms with E-state index in [-0.39, 0.29) is 17.8 Å². The van der Waals surface area contributed by atoms with Crippen LogP contribution >= 0.6 is 0 Å². The average molecular weight is 358 g/mol.